The molecule has 1 aromatic carbocycles. The number of rotatable bonds is 4. The SMILES string of the molecule is C=CCNC(=O)c1cc(S(N)(=O)=O)ccc1N. The van der Waals surface area contributed by atoms with E-state index in [1.54, 1.807) is 0 Å². The second-order valence-corrected chi connectivity index (χ2v) is 4.85. The maximum atomic E-state index is 11.6. The third-order valence-corrected chi connectivity index (χ3v) is 2.92. The van der Waals surface area contributed by atoms with Crippen LogP contribution in [0, 0.1) is 0 Å². The zero-order valence-electron chi connectivity index (χ0n) is 9.01. The first-order chi connectivity index (χ1) is 7.86. The molecule has 1 aromatic rings. The van der Waals surface area contributed by atoms with E-state index in [0.29, 0.717) is 0 Å². The zero-order valence-corrected chi connectivity index (χ0v) is 9.83. The minimum absolute atomic E-state index is 0.0679. The Labute approximate surface area is 99.4 Å². The molecule has 0 spiro atoms. The van der Waals surface area contributed by atoms with Gasteiger partial charge >= 0.3 is 0 Å². The Balaban J connectivity index is 3.15. The Morgan fingerprint density at radius 2 is 2.12 bits per heavy atom. The lowest BCUT2D eigenvalue weighted by Crippen LogP contribution is -2.25. The van der Waals surface area contributed by atoms with Gasteiger partial charge in [0, 0.05) is 12.2 Å². The van der Waals surface area contributed by atoms with Crippen LogP contribution in [0.5, 0.6) is 0 Å². The van der Waals surface area contributed by atoms with Crippen LogP contribution in [0.1, 0.15) is 10.4 Å². The Morgan fingerprint density at radius 3 is 2.65 bits per heavy atom. The number of hydrogen-bond acceptors (Lipinski definition) is 4. The van der Waals surface area contributed by atoms with E-state index >= 15 is 0 Å². The Bertz CT molecular complexity index is 552. The summed E-state index contributed by atoms with van der Waals surface area (Å²) in [4.78, 5) is 11.5. The summed E-state index contributed by atoms with van der Waals surface area (Å²) >= 11 is 0. The summed E-state index contributed by atoms with van der Waals surface area (Å²) in [6.07, 6.45) is 1.50. The van der Waals surface area contributed by atoms with Gasteiger partial charge in [0.1, 0.15) is 0 Å². The molecule has 0 aliphatic carbocycles. The van der Waals surface area contributed by atoms with E-state index in [1.807, 2.05) is 0 Å². The second-order valence-electron chi connectivity index (χ2n) is 3.29. The van der Waals surface area contributed by atoms with Gasteiger partial charge in [-0.2, -0.15) is 0 Å². The van der Waals surface area contributed by atoms with Gasteiger partial charge in [0.05, 0.1) is 10.5 Å². The highest BCUT2D eigenvalue weighted by Crippen LogP contribution is 2.16. The number of hydrogen-bond donors (Lipinski definition) is 3. The zero-order chi connectivity index (χ0) is 13.1. The maximum Gasteiger partial charge on any atom is 0.253 e. The van der Waals surface area contributed by atoms with Crippen LogP contribution < -0.4 is 16.2 Å². The summed E-state index contributed by atoms with van der Waals surface area (Å²) < 4.78 is 22.2. The molecule has 0 saturated heterocycles. The van der Waals surface area contributed by atoms with Gasteiger partial charge in [-0.25, -0.2) is 13.6 Å². The first-order valence-corrected chi connectivity index (χ1v) is 6.22. The van der Waals surface area contributed by atoms with Gasteiger partial charge in [0.25, 0.3) is 5.91 Å². The Kier molecular flexibility index (Phi) is 3.87. The van der Waals surface area contributed by atoms with Crippen LogP contribution in [-0.2, 0) is 10.0 Å². The lowest BCUT2D eigenvalue weighted by atomic mass is 10.1. The number of anilines is 1. The highest BCUT2D eigenvalue weighted by atomic mass is 32.2. The first kappa shape index (κ1) is 13.2. The normalized spacial score (nSPS) is 10.9. The summed E-state index contributed by atoms with van der Waals surface area (Å²) in [5, 5.41) is 7.46. The van der Waals surface area contributed by atoms with Gasteiger partial charge in [-0.3, -0.25) is 4.79 Å². The van der Waals surface area contributed by atoms with Crippen molar-refractivity contribution < 1.29 is 13.2 Å². The third-order valence-electron chi connectivity index (χ3n) is 2.00. The highest BCUT2D eigenvalue weighted by molar-refractivity contribution is 7.89. The van der Waals surface area contributed by atoms with Crippen molar-refractivity contribution in [3.8, 4) is 0 Å². The summed E-state index contributed by atoms with van der Waals surface area (Å²) in [7, 11) is -3.85. The molecular weight excluding hydrogens is 242 g/mol. The van der Waals surface area contributed by atoms with Gasteiger partial charge in [0.2, 0.25) is 10.0 Å². The second kappa shape index (κ2) is 4.98. The van der Waals surface area contributed by atoms with E-state index in [9.17, 15) is 13.2 Å². The minimum atomic E-state index is -3.85. The van der Waals surface area contributed by atoms with Crippen LogP contribution in [0.25, 0.3) is 0 Å². The fraction of sp³-hybridized carbons (Fsp3) is 0.100. The molecule has 0 atom stereocenters. The predicted molar refractivity (Wildman–Crippen MR) is 64.8 cm³/mol. The van der Waals surface area contributed by atoms with Crippen LogP contribution in [0.3, 0.4) is 0 Å². The molecule has 0 radical (unpaired) electrons. The van der Waals surface area contributed by atoms with Crippen LogP contribution >= 0.6 is 0 Å². The summed E-state index contributed by atoms with van der Waals surface area (Å²) in [6.45, 7) is 3.71. The molecule has 92 valence electrons. The van der Waals surface area contributed by atoms with Crippen molar-refractivity contribution in [1.82, 2.24) is 5.32 Å². The number of nitrogen functional groups attached to an aromatic ring is 1. The molecule has 0 heterocycles. The third kappa shape index (κ3) is 3.30. The van der Waals surface area contributed by atoms with Crippen molar-refractivity contribution in [1.29, 1.82) is 0 Å². The van der Waals surface area contributed by atoms with Gasteiger partial charge in [-0.15, -0.1) is 6.58 Å². The molecule has 0 unspecified atom stereocenters. The fourth-order valence-electron chi connectivity index (χ4n) is 1.17. The van der Waals surface area contributed by atoms with Crippen molar-refractivity contribution >= 4 is 21.6 Å². The van der Waals surface area contributed by atoms with Crippen molar-refractivity contribution in [2.45, 2.75) is 4.90 Å². The number of carbonyl (C=O) groups excluding carboxylic acids is 1. The molecule has 0 aliphatic heterocycles. The van der Waals surface area contributed by atoms with Crippen molar-refractivity contribution in [3.05, 3.63) is 36.4 Å². The van der Waals surface area contributed by atoms with E-state index < -0.39 is 15.9 Å². The van der Waals surface area contributed by atoms with Crippen LogP contribution in [0.2, 0.25) is 0 Å². The molecule has 17 heavy (non-hydrogen) atoms. The molecule has 1 rings (SSSR count). The lowest BCUT2D eigenvalue weighted by molar-refractivity contribution is 0.0958. The number of sulfonamides is 1. The molecule has 0 aromatic heterocycles. The van der Waals surface area contributed by atoms with Crippen LogP contribution in [-0.4, -0.2) is 20.9 Å². The predicted octanol–water partition coefficient (Wildman–Crippen LogP) is -0.168. The molecule has 1 amide bonds. The van der Waals surface area contributed by atoms with Crippen molar-refractivity contribution in [3.63, 3.8) is 0 Å². The van der Waals surface area contributed by atoms with Crippen molar-refractivity contribution in [2.75, 3.05) is 12.3 Å². The minimum Gasteiger partial charge on any atom is -0.398 e. The van der Waals surface area contributed by atoms with E-state index in [4.69, 9.17) is 10.9 Å². The van der Waals surface area contributed by atoms with Gasteiger partial charge in [0.15, 0.2) is 0 Å². The number of carbonyl (C=O) groups is 1. The van der Waals surface area contributed by atoms with Crippen LogP contribution in [0.15, 0.2) is 35.7 Å². The highest BCUT2D eigenvalue weighted by Gasteiger charge is 2.14. The summed E-state index contributed by atoms with van der Waals surface area (Å²) in [5.41, 5.74) is 5.83. The standard InChI is InChI=1S/C10H13N3O3S/c1-2-5-13-10(14)8-6-7(17(12,15)16)3-4-9(8)11/h2-4,6H,1,5,11H2,(H,13,14)(H2,12,15,16). The molecule has 7 heteroatoms. The monoisotopic (exact) mass is 255 g/mol. The van der Waals surface area contributed by atoms with E-state index in [-0.39, 0.29) is 22.7 Å². The Hall–Kier alpha value is -1.86. The number of nitrogens with two attached hydrogens (primary N) is 2. The average molecular weight is 255 g/mol. The van der Waals surface area contributed by atoms with E-state index in [0.717, 1.165) is 6.07 Å². The quantitative estimate of drug-likeness (QED) is 0.511. The van der Waals surface area contributed by atoms with Gasteiger partial charge < -0.3 is 11.1 Å². The van der Waals surface area contributed by atoms with Crippen LogP contribution in [0.4, 0.5) is 5.69 Å². The largest absolute Gasteiger partial charge is 0.398 e. The summed E-state index contributed by atoms with van der Waals surface area (Å²) in [6, 6.07) is 3.71. The fourth-order valence-corrected chi connectivity index (χ4v) is 1.71. The number of benzene rings is 1. The van der Waals surface area contributed by atoms with E-state index in [2.05, 4.69) is 11.9 Å². The smallest absolute Gasteiger partial charge is 0.253 e. The summed E-state index contributed by atoms with van der Waals surface area (Å²) in [5.74, 6) is -0.479. The molecular formula is C10H13N3O3S. The van der Waals surface area contributed by atoms with Crippen molar-refractivity contribution in [2.24, 2.45) is 5.14 Å². The molecule has 0 saturated carbocycles. The number of amides is 1. The molecule has 0 bridgehead atoms. The number of primary sulfonamides is 1. The number of nitrogens with one attached hydrogen (secondary N) is 1. The molecule has 5 N–H and O–H groups in total. The topological polar surface area (TPSA) is 115 Å². The van der Waals surface area contributed by atoms with E-state index in [1.165, 1.54) is 18.2 Å². The Morgan fingerprint density at radius 1 is 1.47 bits per heavy atom. The average Bonchev–Trinajstić information content (AvgIpc) is 2.24. The molecule has 0 fully saturated rings. The molecule has 0 aliphatic rings. The maximum absolute atomic E-state index is 11.6. The van der Waals surface area contributed by atoms with Gasteiger partial charge in [-0.1, -0.05) is 6.08 Å². The lowest BCUT2D eigenvalue weighted by Gasteiger charge is -2.07. The first-order valence-electron chi connectivity index (χ1n) is 4.67. The molecule has 6 nitrogen and oxygen atoms in total. The van der Waals surface area contributed by atoms with Gasteiger partial charge in [-0.05, 0) is 18.2 Å².